The molecule has 1 heterocycles. The summed E-state index contributed by atoms with van der Waals surface area (Å²) in [6.07, 6.45) is 2.35. The summed E-state index contributed by atoms with van der Waals surface area (Å²) in [6.45, 7) is 0.419. The van der Waals surface area contributed by atoms with Crippen molar-refractivity contribution in [1.29, 1.82) is 0 Å². The third kappa shape index (κ3) is 2.44. The highest BCUT2D eigenvalue weighted by Gasteiger charge is 2.04. The standard InChI is InChI=1S/C13H13FN2/c14-12-5-4-10(9-15)11(7-12)8-13-3-1-2-6-16-13/h1-7H,8-9,15H2. The molecule has 2 N–H and O–H groups in total. The molecule has 0 atom stereocenters. The SMILES string of the molecule is NCc1ccc(F)cc1Cc1ccccn1. The van der Waals surface area contributed by atoms with E-state index in [9.17, 15) is 4.39 Å². The molecule has 0 bridgehead atoms. The predicted octanol–water partition coefficient (Wildman–Crippen LogP) is 2.27. The van der Waals surface area contributed by atoms with Crippen molar-refractivity contribution < 1.29 is 4.39 Å². The maximum absolute atomic E-state index is 13.1. The number of aromatic nitrogens is 1. The minimum absolute atomic E-state index is 0.233. The molecule has 1 aromatic heterocycles. The smallest absolute Gasteiger partial charge is 0.123 e. The highest BCUT2D eigenvalue weighted by molar-refractivity contribution is 5.31. The fourth-order valence-corrected chi connectivity index (χ4v) is 1.66. The van der Waals surface area contributed by atoms with Crippen LogP contribution in [0.3, 0.4) is 0 Å². The quantitative estimate of drug-likeness (QED) is 0.854. The zero-order valence-electron chi connectivity index (χ0n) is 8.86. The molecule has 2 rings (SSSR count). The highest BCUT2D eigenvalue weighted by Crippen LogP contribution is 2.14. The summed E-state index contributed by atoms with van der Waals surface area (Å²) in [5.74, 6) is -0.233. The van der Waals surface area contributed by atoms with Crippen LogP contribution in [0, 0.1) is 5.82 Å². The summed E-state index contributed by atoms with van der Waals surface area (Å²) in [5, 5.41) is 0. The van der Waals surface area contributed by atoms with E-state index in [0.717, 1.165) is 16.8 Å². The van der Waals surface area contributed by atoms with Gasteiger partial charge in [0.05, 0.1) is 0 Å². The fourth-order valence-electron chi connectivity index (χ4n) is 1.66. The molecule has 0 radical (unpaired) electrons. The lowest BCUT2D eigenvalue weighted by molar-refractivity contribution is 0.624. The van der Waals surface area contributed by atoms with Crippen molar-refractivity contribution in [3.63, 3.8) is 0 Å². The Morgan fingerprint density at radius 1 is 1.12 bits per heavy atom. The van der Waals surface area contributed by atoms with Gasteiger partial charge in [0.2, 0.25) is 0 Å². The van der Waals surface area contributed by atoms with Gasteiger partial charge in [-0.2, -0.15) is 0 Å². The van der Waals surface area contributed by atoms with Gasteiger partial charge in [-0.15, -0.1) is 0 Å². The molecule has 82 valence electrons. The number of hydrogen-bond donors (Lipinski definition) is 1. The first-order valence-electron chi connectivity index (χ1n) is 5.17. The molecule has 0 saturated carbocycles. The zero-order chi connectivity index (χ0) is 11.4. The van der Waals surface area contributed by atoms with Gasteiger partial charge in [0, 0.05) is 24.9 Å². The van der Waals surface area contributed by atoms with Crippen molar-refractivity contribution in [2.24, 2.45) is 5.73 Å². The molecule has 2 nitrogen and oxygen atoms in total. The number of halogens is 1. The van der Waals surface area contributed by atoms with Crippen LogP contribution in [0.2, 0.25) is 0 Å². The highest BCUT2D eigenvalue weighted by atomic mass is 19.1. The summed E-state index contributed by atoms with van der Waals surface area (Å²) in [6, 6.07) is 10.4. The average molecular weight is 216 g/mol. The van der Waals surface area contributed by atoms with Gasteiger partial charge >= 0.3 is 0 Å². The van der Waals surface area contributed by atoms with Crippen LogP contribution in [0.4, 0.5) is 4.39 Å². The Kier molecular flexibility index (Phi) is 3.27. The van der Waals surface area contributed by atoms with Crippen LogP contribution in [0.1, 0.15) is 16.8 Å². The first-order valence-corrected chi connectivity index (χ1v) is 5.17. The monoisotopic (exact) mass is 216 g/mol. The number of pyridine rings is 1. The molecule has 1 aromatic carbocycles. The van der Waals surface area contributed by atoms with Crippen LogP contribution >= 0.6 is 0 Å². The van der Waals surface area contributed by atoms with Gasteiger partial charge in [-0.1, -0.05) is 12.1 Å². The molecule has 0 aliphatic rings. The van der Waals surface area contributed by atoms with Crippen LogP contribution in [0.25, 0.3) is 0 Å². The van der Waals surface area contributed by atoms with Crippen LogP contribution < -0.4 is 5.73 Å². The van der Waals surface area contributed by atoms with Gasteiger partial charge in [-0.25, -0.2) is 4.39 Å². The summed E-state index contributed by atoms with van der Waals surface area (Å²) in [4.78, 5) is 4.22. The van der Waals surface area contributed by atoms with Gasteiger partial charge in [0.25, 0.3) is 0 Å². The lowest BCUT2D eigenvalue weighted by Gasteiger charge is -2.07. The summed E-state index contributed by atoms with van der Waals surface area (Å²) < 4.78 is 13.1. The van der Waals surface area contributed by atoms with E-state index in [1.165, 1.54) is 12.1 Å². The average Bonchev–Trinajstić information content (AvgIpc) is 2.31. The molecule has 2 aromatic rings. The largest absolute Gasteiger partial charge is 0.326 e. The molecule has 0 amide bonds. The summed E-state index contributed by atoms with van der Waals surface area (Å²) >= 11 is 0. The molecule has 0 unspecified atom stereocenters. The molecule has 0 fully saturated rings. The number of nitrogens with two attached hydrogens (primary N) is 1. The number of hydrogen-bond acceptors (Lipinski definition) is 2. The molecule has 0 spiro atoms. The van der Waals surface area contributed by atoms with E-state index < -0.39 is 0 Å². The second-order valence-electron chi connectivity index (χ2n) is 3.62. The Morgan fingerprint density at radius 2 is 2.00 bits per heavy atom. The number of nitrogens with zero attached hydrogens (tertiary/aromatic N) is 1. The Labute approximate surface area is 93.9 Å². The Bertz CT molecular complexity index is 469. The minimum Gasteiger partial charge on any atom is -0.326 e. The van der Waals surface area contributed by atoms with Crippen molar-refractivity contribution in [3.8, 4) is 0 Å². The molecule has 3 heteroatoms. The minimum atomic E-state index is -0.233. The third-order valence-corrected chi connectivity index (χ3v) is 2.49. The van der Waals surface area contributed by atoms with Gasteiger partial charge in [-0.3, -0.25) is 4.98 Å². The second-order valence-corrected chi connectivity index (χ2v) is 3.62. The Hall–Kier alpha value is -1.74. The molecule has 0 saturated heterocycles. The lowest BCUT2D eigenvalue weighted by atomic mass is 10.0. The molecule has 0 aliphatic carbocycles. The van der Waals surface area contributed by atoms with Gasteiger partial charge in [0.1, 0.15) is 5.82 Å². The Morgan fingerprint density at radius 3 is 2.69 bits per heavy atom. The van der Waals surface area contributed by atoms with Crippen molar-refractivity contribution in [2.75, 3.05) is 0 Å². The van der Waals surface area contributed by atoms with Crippen LogP contribution in [-0.4, -0.2) is 4.98 Å². The van der Waals surface area contributed by atoms with Crippen molar-refractivity contribution in [3.05, 3.63) is 65.2 Å². The molecule has 0 aliphatic heterocycles. The number of rotatable bonds is 3. The molecule has 16 heavy (non-hydrogen) atoms. The van der Waals surface area contributed by atoms with E-state index >= 15 is 0 Å². The van der Waals surface area contributed by atoms with Crippen molar-refractivity contribution in [1.82, 2.24) is 4.98 Å². The lowest BCUT2D eigenvalue weighted by Crippen LogP contribution is -2.03. The van der Waals surface area contributed by atoms with Crippen LogP contribution in [0.5, 0.6) is 0 Å². The fraction of sp³-hybridized carbons (Fsp3) is 0.154. The van der Waals surface area contributed by atoms with Crippen LogP contribution in [0.15, 0.2) is 42.6 Å². The third-order valence-electron chi connectivity index (χ3n) is 2.49. The van der Waals surface area contributed by atoms with E-state index in [4.69, 9.17) is 5.73 Å². The molecular weight excluding hydrogens is 203 g/mol. The van der Waals surface area contributed by atoms with Gasteiger partial charge in [-0.05, 0) is 35.4 Å². The Balaban J connectivity index is 2.30. The van der Waals surface area contributed by atoms with E-state index in [1.54, 1.807) is 12.3 Å². The maximum Gasteiger partial charge on any atom is 0.123 e. The first kappa shape index (κ1) is 10.8. The van der Waals surface area contributed by atoms with Crippen LogP contribution in [-0.2, 0) is 13.0 Å². The topological polar surface area (TPSA) is 38.9 Å². The van der Waals surface area contributed by atoms with Gasteiger partial charge in [0.15, 0.2) is 0 Å². The van der Waals surface area contributed by atoms with Crippen molar-refractivity contribution in [2.45, 2.75) is 13.0 Å². The van der Waals surface area contributed by atoms with Gasteiger partial charge < -0.3 is 5.73 Å². The van der Waals surface area contributed by atoms with E-state index in [0.29, 0.717) is 13.0 Å². The predicted molar refractivity (Wildman–Crippen MR) is 61.3 cm³/mol. The van der Waals surface area contributed by atoms with Crippen molar-refractivity contribution >= 4 is 0 Å². The van der Waals surface area contributed by atoms with E-state index in [-0.39, 0.29) is 5.82 Å². The zero-order valence-corrected chi connectivity index (χ0v) is 8.86. The second kappa shape index (κ2) is 4.86. The normalized spacial score (nSPS) is 10.4. The maximum atomic E-state index is 13.1. The number of benzene rings is 1. The first-order chi connectivity index (χ1) is 7.79. The van der Waals surface area contributed by atoms with E-state index in [2.05, 4.69) is 4.98 Å². The summed E-state index contributed by atoms with van der Waals surface area (Å²) in [7, 11) is 0. The molecular formula is C13H13FN2. The summed E-state index contributed by atoms with van der Waals surface area (Å²) in [5.41, 5.74) is 8.40. The van der Waals surface area contributed by atoms with E-state index in [1.807, 2.05) is 18.2 Å².